The van der Waals surface area contributed by atoms with Gasteiger partial charge >= 0.3 is 0 Å². The first-order valence-corrected chi connectivity index (χ1v) is 11.7. The molecule has 5 heterocycles. The second-order valence-electron chi connectivity index (χ2n) is 9.26. The highest BCUT2D eigenvalue weighted by Crippen LogP contribution is 2.29. The highest BCUT2D eigenvalue weighted by Gasteiger charge is 2.34. The van der Waals surface area contributed by atoms with Crippen molar-refractivity contribution in [1.29, 1.82) is 0 Å². The molecular formula is C23H32N8O. The summed E-state index contributed by atoms with van der Waals surface area (Å²) in [5.41, 5.74) is 0.878. The third-order valence-electron chi connectivity index (χ3n) is 6.59. The number of nitrogens with zero attached hydrogens (tertiary/aromatic N) is 6. The average molecular weight is 437 g/mol. The lowest BCUT2D eigenvalue weighted by Crippen LogP contribution is -2.40. The lowest BCUT2D eigenvalue weighted by molar-refractivity contribution is -0.121. The maximum absolute atomic E-state index is 13.2. The molecule has 0 radical (unpaired) electrons. The molecule has 3 aromatic heterocycles. The summed E-state index contributed by atoms with van der Waals surface area (Å²) in [5.74, 6) is 2.79. The van der Waals surface area contributed by atoms with Crippen LogP contribution in [0.15, 0.2) is 30.9 Å². The summed E-state index contributed by atoms with van der Waals surface area (Å²) < 4.78 is 3.88. The smallest absolute Gasteiger partial charge is 0.246 e. The number of carbonyl (C=O) groups is 1. The molecule has 0 bridgehead atoms. The highest BCUT2D eigenvalue weighted by molar-refractivity contribution is 5.87. The SMILES string of the molecule is CC(C)n1cnc(Nc2nc(N3CCC[C@H]3C(=O)CC3CCCNC3)nn3cccc23)c1. The summed E-state index contributed by atoms with van der Waals surface area (Å²) in [7, 11) is 0. The molecule has 0 aromatic carbocycles. The minimum absolute atomic E-state index is 0.141. The Bertz CT molecular complexity index is 1080. The second kappa shape index (κ2) is 8.90. The van der Waals surface area contributed by atoms with Gasteiger partial charge in [-0.2, -0.15) is 4.98 Å². The van der Waals surface area contributed by atoms with Crippen LogP contribution >= 0.6 is 0 Å². The minimum Gasteiger partial charge on any atom is -0.333 e. The number of Topliss-reactive ketones (excluding diaryl/α,β-unsaturated/α-hetero) is 1. The first kappa shape index (κ1) is 20.9. The van der Waals surface area contributed by atoms with Gasteiger partial charge in [-0.3, -0.25) is 4.79 Å². The van der Waals surface area contributed by atoms with Crippen LogP contribution in [0.4, 0.5) is 17.6 Å². The van der Waals surface area contributed by atoms with Gasteiger partial charge in [-0.15, -0.1) is 5.10 Å². The Morgan fingerprint density at radius 1 is 1.31 bits per heavy atom. The van der Waals surface area contributed by atoms with Gasteiger partial charge in [-0.25, -0.2) is 9.50 Å². The molecule has 5 rings (SSSR count). The third kappa shape index (κ3) is 4.21. The average Bonchev–Trinajstić information content (AvgIpc) is 3.54. The zero-order chi connectivity index (χ0) is 22.1. The maximum Gasteiger partial charge on any atom is 0.246 e. The molecule has 9 heteroatoms. The van der Waals surface area contributed by atoms with Crippen molar-refractivity contribution < 1.29 is 4.79 Å². The fraction of sp³-hybridized carbons (Fsp3) is 0.565. The second-order valence-corrected chi connectivity index (χ2v) is 9.26. The fourth-order valence-corrected chi connectivity index (χ4v) is 4.80. The normalized spacial score (nSPS) is 21.5. The van der Waals surface area contributed by atoms with Crippen LogP contribution < -0.4 is 15.5 Å². The topological polar surface area (TPSA) is 92.4 Å². The van der Waals surface area contributed by atoms with E-state index >= 15 is 0 Å². The van der Waals surface area contributed by atoms with Crippen LogP contribution in [0, 0.1) is 5.92 Å². The van der Waals surface area contributed by atoms with Crippen LogP contribution in [0.1, 0.15) is 52.0 Å². The number of rotatable bonds is 7. The third-order valence-corrected chi connectivity index (χ3v) is 6.59. The van der Waals surface area contributed by atoms with E-state index in [2.05, 4.69) is 38.9 Å². The summed E-state index contributed by atoms with van der Waals surface area (Å²) in [6, 6.07) is 4.13. The molecule has 0 amide bonds. The standard InChI is InChI=1S/C23H32N8O/c1-16(2)29-14-21(25-15-29)26-22-19-8-5-11-31(19)28-23(27-22)30-10-4-7-18(30)20(32)12-17-6-3-9-24-13-17/h5,8,11,14-18,24H,3-4,6-7,9-10,12-13H2,1-2H3,(H,26,27,28)/t17?,18-/m0/s1. The zero-order valence-corrected chi connectivity index (χ0v) is 18.9. The van der Waals surface area contributed by atoms with Crippen molar-refractivity contribution in [2.45, 2.75) is 58.0 Å². The molecule has 9 nitrogen and oxygen atoms in total. The van der Waals surface area contributed by atoms with Crippen molar-refractivity contribution in [1.82, 2.24) is 29.5 Å². The van der Waals surface area contributed by atoms with Gasteiger partial charge in [0.15, 0.2) is 11.6 Å². The molecule has 2 saturated heterocycles. The fourth-order valence-electron chi connectivity index (χ4n) is 4.80. The van der Waals surface area contributed by atoms with Crippen LogP contribution in [0.25, 0.3) is 5.52 Å². The van der Waals surface area contributed by atoms with E-state index in [1.54, 1.807) is 0 Å². The molecule has 32 heavy (non-hydrogen) atoms. The number of anilines is 3. The number of carbonyl (C=O) groups excluding carboxylic acids is 1. The zero-order valence-electron chi connectivity index (χ0n) is 18.9. The van der Waals surface area contributed by atoms with E-state index < -0.39 is 0 Å². The van der Waals surface area contributed by atoms with Gasteiger partial charge in [0.2, 0.25) is 5.95 Å². The van der Waals surface area contributed by atoms with E-state index in [1.165, 1.54) is 0 Å². The van der Waals surface area contributed by atoms with Gasteiger partial charge in [0, 0.05) is 31.4 Å². The Morgan fingerprint density at radius 2 is 2.22 bits per heavy atom. The predicted octanol–water partition coefficient (Wildman–Crippen LogP) is 3.18. The number of hydrogen-bond acceptors (Lipinski definition) is 7. The Hall–Kier alpha value is -2.94. The molecule has 0 aliphatic carbocycles. The Morgan fingerprint density at radius 3 is 3.00 bits per heavy atom. The summed E-state index contributed by atoms with van der Waals surface area (Å²) in [6.45, 7) is 7.05. The minimum atomic E-state index is -0.141. The molecular weight excluding hydrogens is 404 g/mol. The number of nitrogens with one attached hydrogen (secondary N) is 2. The van der Waals surface area contributed by atoms with Gasteiger partial charge in [-0.1, -0.05) is 0 Å². The number of imidazole rings is 1. The summed E-state index contributed by atoms with van der Waals surface area (Å²) in [6.07, 6.45) is 10.5. The first-order valence-electron chi connectivity index (χ1n) is 11.7. The van der Waals surface area contributed by atoms with Crippen molar-refractivity contribution in [3.05, 3.63) is 30.9 Å². The van der Waals surface area contributed by atoms with Crippen LogP contribution in [0.5, 0.6) is 0 Å². The van der Waals surface area contributed by atoms with Crippen LogP contribution in [0.2, 0.25) is 0 Å². The van der Waals surface area contributed by atoms with Crippen molar-refractivity contribution in [3.8, 4) is 0 Å². The summed E-state index contributed by atoms with van der Waals surface area (Å²) >= 11 is 0. The molecule has 0 spiro atoms. The molecule has 1 unspecified atom stereocenters. The maximum atomic E-state index is 13.2. The Balaban J connectivity index is 1.39. The summed E-state index contributed by atoms with van der Waals surface area (Å²) in [5, 5.41) is 11.5. The van der Waals surface area contributed by atoms with E-state index in [1.807, 2.05) is 35.4 Å². The predicted molar refractivity (Wildman–Crippen MR) is 124 cm³/mol. The van der Waals surface area contributed by atoms with Crippen LogP contribution in [0.3, 0.4) is 0 Å². The number of fused-ring (bicyclic) bond motifs is 1. The van der Waals surface area contributed by atoms with Crippen molar-refractivity contribution in [2.24, 2.45) is 5.92 Å². The van der Waals surface area contributed by atoms with Gasteiger partial charge < -0.3 is 20.1 Å². The van der Waals surface area contributed by atoms with E-state index in [0.29, 0.717) is 35.9 Å². The Labute approximate surface area is 188 Å². The van der Waals surface area contributed by atoms with Gasteiger partial charge in [-0.05, 0) is 70.7 Å². The number of hydrogen-bond donors (Lipinski definition) is 2. The molecule has 2 aliphatic rings. The van der Waals surface area contributed by atoms with Gasteiger partial charge in [0.1, 0.15) is 11.3 Å². The molecule has 2 fully saturated rings. The Kier molecular flexibility index (Phi) is 5.82. The number of piperidine rings is 1. The highest BCUT2D eigenvalue weighted by atomic mass is 16.1. The molecule has 3 aromatic rings. The largest absolute Gasteiger partial charge is 0.333 e. The number of ketones is 1. The van der Waals surface area contributed by atoms with Crippen molar-refractivity contribution in [2.75, 3.05) is 29.9 Å². The molecule has 0 saturated carbocycles. The summed E-state index contributed by atoms with van der Waals surface area (Å²) in [4.78, 5) is 24.6. The van der Waals surface area contributed by atoms with Crippen LogP contribution in [-0.2, 0) is 4.79 Å². The lowest BCUT2D eigenvalue weighted by atomic mass is 9.91. The van der Waals surface area contributed by atoms with Crippen molar-refractivity contribution in [3.63, 3.8) is 0 Å². The first-order chi connectivity index (χ1) is 15.6. The van der Waals surface area contributed by atoms with E-state index in [4.69, 9.17) is 10.1 Å². The van der Waals surface area contributed by atoms with Crippen LogP contribution in [-0.4, -0.2) is 55.6 Å². The van der Waals surface area contributed by atoms with Gasteiger partial charge in [0.05, 0.1) is 12.4 Å². The lowest BCUT2D eigenvalue weighted by Gasteiger charge is -2.27. The van der Waals surface area contributed by atoms with E-state index in [0.717, 1.165) is 56.7 Å². The quantitative estimate of drug-likeness (QED) is 0.588. The molecule has 2 atom stereocenters. The van der Waals surface area contributed by atoms with Crippen molar-refractivity contribution >= 4 is 28.9 Å². The molecule has 2 N–H and O–H groups in total. The molecule has 2 aliphatic heterocycles. The van der Waals surface area contributed by atoms with E-state index in [-0.39, 0.29) is 6.04 Å². The van der Waals surface area contributed by atoms with E-state index in [9.17, 15) is 4.79 Å². The monoisotopic (exact) mass is 436 g/mol. The molecule has 170 valence electrons. The number of aromatic nitrogens is 5. The van der Waals surface area contributed by atoms with Gasteiger partial charge in [0.25, 0.3) is 0 Å².